The number of hydrogen-bond donors (Lipinski definition) is 2. The minimum atomic E-state index is 0.632. The maximum absolute atomic E-state index is 6.01. The van der Waals surface area contributed by atoms with Crippen molar-refractivity contribution in [3.8, 4) is 0 Å². The van der Waals surface area contributed by atoms with Gasteiger partial charge in [0.25, 0.3) is 0 Å². The van der Waals surface area contributed by atoms with Crippen LogP contribution in [0.4, 0.5) is 5.69 Å². The Morgan fingerprint density at radius 1 is 1.21 bits per heavy atom. The Morgan fingerprint density at radius 3 is 2.50 bits per heavy atom. The monoisotopic (exact) mass is 228 g/mol. The van der Waals surface area contributed by atoms with Gasteiger partial charge in [-0.15, -0.1) is 0 Å². The van der Waals surface area contributed by atoms with Gasteiger partial charge in [0.05, 0.1) is 21.6 Å². The molecular weight excluding hydrogens is 219 g/mol. The van der Waals surface area contributed by atoms with Crippen LogP contribution < -0.4 is 10.6 Å². The molecule has 0 saturated heterocycles. The molecule has 1 aliphatic rings. The average molecular weight is 229 g/mol. The highest BCUT2D eigenvalue weighted by Gasteiger charge is 2.08. The molecule has 0 fully saturated rings. The van der Waals surface area contributed by atoms with Crippen molar-refractivity contribution in [2.45, 2.75) is 6.42 Å². The molecule has 2 rings (SSSR count). The number of benzene rings is 1. The molecule has 1 aromatic carbocycles. The van der Waals surface area contributed by atoms with Crippen LogP contribution in [0.15, 0.2) is 30.1 Å². The fourth-order valence-electron chi connectivity index (χ4n) is 1.34. The van der Waals surface area contributed by atoms with E-state index in [-0.39, 0.29) is 0 Å². The van der Waals surface area contributed by atoms with Crippen molar-refractivity contribution >= 4 is 28.9 Å². The van der Waals surface area contributed by atoms with E-state index in [0.29, 0.717) is 10.0 Å². The quantitative estimate of drug-likeness (QED) is 0.813. The molecule has 0 saturated carbocycles. The molecule has 74 valence electrons. The minimum absolute atomic E-state index is 0.632. The van der Waals surface area contributed by atoms with Crippen LogP contribution in [0.3, 0.4) is 0 Å². The van der Waals surface area contributed by atoms with E-state index >= 15 is 0 Å². The van der Waals surface area contributed by atoms with Crippen molar-refractivity contribution in [1.82, 2.24) is 5.32 Å². The lowest BCUT2D eigenvalue weighted by atomic mass is 10.3. The fourth-order valence-corrected chi connectivity index (χ4v) is 1.83. The molecular formula is C10H10Cl2N2. The predicted octanol–water partition coefficient (Wildman–Crippen LogP) is 3.24. The smallest absolute Gasteiger partial charge is 0.0991 e. The number of nitrogens with one attached hydrogen (secondary N) is 2. The summed E-state index contributed by atoms with van der Waals surface area (Å²) in [6.07, 6.45) is 3.12. The summed E-state index contributed by atoms with van der Waals surface area (Å²) in [5.74, 6) is 0.972. The Labute approximate surface area is 92.9 Å². The predicted molar refractivity (Wildman–Crippen MR) is 60.8 cm³/mol. The number of halogens is 2. The van der Waals surface area contributed by atoms with Gasteiger partial charge in [-0.1, -0.05) is 29.3 Å². The molecule has 0 spiro atoms. The lowest BCUT2D eigenvalue weighted by Crippen LogP contribution is -2.14. The van der Waals surface area contributed by atoms with Gasteiger partial charge < -0.3 is 10.6 Å². The summed E-state index contributed by atoms with van der Waals surface area (Å²) in [6.45, 7) is 0.963. The van der Waals surface area contributed by atoms with E-state index in [1.165, 1.54) is 0 Å². The summed E-state index contributed by atoms with van der Waals surface area (Å²) in [5, 5.41) is 7.62. The summed E-state index contributed by atoms with van der Waals surface area (Å²) in [4.78, 5) is 0. The number of hydrogen-bond acceptors (Lipinski definition) is 2. The highest BCUT2D eigenvalue weighted by molar-refractivity contribution is 6.39. The van der Waals surface area contributed by atoms with Gasteiger partial charge in [0.1, 0.15) is 0 Å². The van der Waals surface area contributed by atoms with Crippen LogP contribution in [0.2, 0.25) is 10.0 Å². The standard InChI is InChI=1S/C10H10Cl2N2/c11-7-3-1-4-8(12)10(7)14-9-5-2-6-13-9/h1,3-5,13-14H,2,6H2. The second kappa shape index (κ2) is 4.11. The lowest BCUT2D eigenvalue weighted by Gasteiger charge is -2.11. The summed E-state index contributed by atoms with van der Waals surface area (Å²) in [7, 11) is 0. The molecule has 1 heterocycles. The van der Waals surface area contributed by atoms with Crippen LogP contribution in [0.25, 0.3) is 0 Å². The van der Waals surface area contributed by atoms with Gasteiger partial charge in [0, 0.05) is 6.54 Å². The molecule has 2 N–H and O–H groups in total. The van der Waals surface area contributed by atoms with E-state index in [1.807, 2.05) is 18.2 Å². The maximum Gasteiger partial charge on any atom is 0.0991 e. The largest absolute Gasteiger partial charge is 0.372 e. The van der Waals surface area contributed by atoms with Gasteiger partial charge >= 0.3 is 0 Å². The Kier molecular flexibility index (Phi) is 2.85. The summed E-state index contributed by atoms with van der Waals surface area (Å²) >= 11 is 12.0. The van der Waals surface area contributed by atoms with E-state index in [4.69, 9.17) is 23.2 Å². The van der Waals surface area contributed by atoms with E-state index in [2.05, 4.69) is 16.7 Å². The highest BCUT2D eigenvalue weighted by atomic mass is 35.5. The molecule has 0 aromatic heterocycles. The Hall–Kier alpha value is -0.860. The Bertz CT molecular complexity index is 354. The zero-order valence-electron chi connectivity index (χ0n) is 7.48. The maximum atomic E-state index is 6.01. The molecule has 1 aromatic rings. The van der Waals surface area contributed by atoms with Crippen molar-refractivity contribution in [2.75, 3.05) is 11.9 Å². The number of rotatable bonds is 2. The van der Waals surface area contributed by atoms with Crippen molar-refractivity contribution in [3.63, 3.8) is 0 Å². The zero-order valence-corrected chi connectivity index (χ0v) is 8.99. The summed E-state index contributed by atoms with van der Waals surface area (Å²) in [5.41, 5.74) is 0.761. The Balaban J connectivity index is 2.23. The molecule has 14 heavy (non-hydrogen) atoms. The molecule has 0 atom stereocenters. The first-order valence-electron chi connectivity index (χ1n) is 4.42. The molecule has 0 unspecified atom stereocenters. The van der Waals surface area contributed by atoms with E-state index in [1.54, 1.807) is 0 Å². The SMILES string of the molecule is Clc1cccc(Cl)c1NC1=CCCN1. The van der Waals surface area contributed by atoms with Crippen LogP contribution in [-0.4, -0.2) is 6.54 Å². The third kappa shape index (κ3) is 1.97. The zero-order chi connectivity index (χ0) is 9.97. The number of anilines is 1. The van der Waals surface area contributed by atoms with Gasteiger partial charge in [-0.05, 0) is 24.6 Å². The van der Waals surface area contributed by atoms with Crippen molar-refractivity contribution in [1.29, 1.82) is 0 Å². The third-order valence-electron chi connectivity index (χ3n) is 2.03. The molecule has 0 radical (unpaired) electrons. The van der Waals surface area contributed by atoms with Gasteiger partial charge in [0.15, 0.2) is 0 Å². The number of para-hydroxylation sites is 1. The second-order valence-corrected chi connectivity index (χ2v) is 3.87. The molecule has 1 aliphatic heterocycles. The van der Waals surface area contributed by atoms with E-state index in [0.717, 1.165) is 24.5 Å². The fraction of sp³-hybridized carbons (Fsp3) is 0.200. The van der Waals surface area contributed by atoms with E-state index < -0.39 is 0 Å². The topological polar surface area (TPSA) is 24.1 Å². The molecule has 0 aliphatic carbocycles. The second-order valence-electron chi connectivity index (χ2n) is 3.05. The Morgan fingerprint density at radius 2 is 1.93 bits per heavy atom. The van der Waals surface area contributed by atoms with Crippen LogP contribution in [0.5, 0.6) is 0 Å². The first kappa shape index (κ1) is 9.69. The van der Waals surface area contributed by atoms with Crippen LogP contribution >= 0.6 is 23.2 Å². The van der Waals surface area contributed by atoms with Crippen LogP contribution in [0.1, 0.15) is 6.42 Å². The van der Waals surface area contributed by atoms with Gasteiger partial charge in [-0.2, -0.15) is 0 Å². The summed E-state index contributed by atoms with van der Waals surface area (Å²) < 4.78 is 0. The first-order valence-corrected chi connectivity index (χ1v) is 5.18. The minimum Gasteiger partial charge on any atom is -0.372 e. The van der Waals surface area contributed by atoms with Gasteiger partial charge in [-0.3, -0.25) is 0 Å². The molecule has 2 nitrogen and oxygen atoms in total. The van der Waals surface area contributed by atoms with E-state index in [9.17, 15) is 0 Å². The first-order chi connectivity index (χ1) is 6.77. The van der Waals surface area contributed by atoms with Crippen molar-refractivity contribution in [2.24, 2.45) is 0 Å². The third-order valence-corrected chi connectivity index (χ3v) is 2.66. The highest BCUT2D eigenvalue weighted by Crippen LogP contribution is 2.30. The molecule has 4 heteroatoms. The normalized spacial score (nSPS) is 14.9. The lowest BCUT2D eigenvalue weighted by molar-refractivity contribution is 0.879. The van der Waals surface area contributed by atoms with Crippen molar-refractivity contribution in [3.05, 3.63) is 40.1 Å². The average Bonchev–Trinajstić information content (AvgIpc) is 2.64. The summed E-state index contributed by atoms with van der Waals surface area (Å²) in [6, 6.07) is 5.45. The molecule has 0 amide bonds. The van der Waals surface area contributed by atoms with Crippen molar-refractivity contribution < 1.29 is 0 Å². The van der Waals surface area contributed by atoms with Crippen LogP contribution in [-0.2, 0) is 0 Å². The van der Waals surface area contributed by atoms with Crippen LogP contribution in [0, 0.1) is 0 Å². The van der Waals surface area contributed by atoms with Gasteiger partial charge in [-0.25, -0.2) is 0 Å². The molecule has 0 bridgehead atoms. The van der Waals surface area contributed by atoms with Gasteiger partial charge in [0.2, 0.25) is 0 Å².